The summed E-state index contributed by atoms with van der Waals surface area (Å²) >= 11 is 0. The SMILES string of the molecule is CC(C(N)=O)=P(c1ccccc1)(c1ccccc1)c1ccccc1. The molecule has 0 fully saturated rings. The fourth-order valence-corrected chi connectivity index (χ4v) is 7.39. The molecule has 0 unspecified atom stereocenters. The molecule has 0 radical (unpaired) electrons. The maximum atomic E-state index is 12.3. The number of carbonyl (C=O) groups is 1. The molecule has 0 saturated carbocycles. The number of primary amides is 1. The van der Waals surface area contributed by atoms with Gasteiger partial charge in [0.25, 0.3) is 0 Å². The number of nitrogens with two attached hydrogens (primary N) is 1. The second-order valence-corrected chi connectivity index (χ2v) is 9.19. The molecule has 3 aromatic rings. The van der Waals surface area contributed by atoms with Gasteiger partial charge in [-0.15, -0.1) is 0 Å². The number of carbonyl (C=O) groups excluding carboxylic acids is 1. The van der Waals surface area contributed by atoms with Crippen molar-refractivity contribution in [2.24, 2.45) is 5.73 Å². The Kier molecular flexibility index (Phi) is 4.69. The Balaban J connectivity index is 2.53. The first-order chi connectivity index (χ1) is 11.7. The maximum Gasteiger partial charge on any atom is 0.245 e. The molecule has 2 N–H and O–H groups in total. The van der Waals surface area contributed by atoms with E-state index in [0.717, 1.165) is 15.9 Å². The van der Waals surface area contributed by atoms with Crippen molar-refractivity contribution in [3.63, 3.8) is 0 Å². The molecule has 2 nitrogen and oxygen atoms in total. The molecule has 0 heterocycles. The summed E-state index contributed by atoms with van der Waals surface area (Å²) < 4.78 is 0. The third kappa shape index (κ3) is 2.70. The zero-order chi connectivity index (χ0) is 17.0. The van der Waals surface area contributed by atoms with Crippen LogP contribution in [0, 0.1) is 0 Å². The zero-order valence-corrected chi connectivity index (χ0v) is 14.5. The molecule has 0 atom stereocenters. The van der Waals surface area contributed by atoms with Crippen molar-refractivity contribution in [2.45, 2.75) is 6.92 Å². The van der Waals surface area contributed by atoms with E-state index in [2.05, 4.69) is 36.4 Å². The fourth-order valence-electron chi connectivity index (χ4n) is 3.15. The Morgan fingerprint density at radius 3 is 1.21 bits per heavy atom. The predicted molar refractivity (Wildman–Crippen MR) is 105 cm³/mol. The monoisotopic (exact) mass is 333 g/mol. The van der Waals surface area contributed by atoms with Crippen molar-refractivity contribution >= 4 is 34.0 Å². The van der Waals surface area contributed by atoms with Crippen molar-refractivity contribution in [1.82, 2.24) is 0 Å². The largest absolute Gasteiger partial charge is 0.366 e. The number of hydrogen-bond donors (Lipinski definition) is 1. The highest BCUT2D eigenvalue weighted by atomic mass is 31.2. The summed E-state index contributed by atoms with van der Waals surface area (Å²) in [4.78, 5) is 12.3. The second-order valence-electron chi connectivity index (χ2n) is 5.63. The van der Waals surface area contributed by atoms with Gasteiger partial charge < -0.3 is 5.73 Å². The van der Waals surface area contributed by atoms with Gasteiger partial charge in [0.15, 0.2) is 0 Å². The molecule has 0 aromatic heterocycles. The standard InChI is InChI=1S/C21H20NOP/c1-17(21(22)23)24(18-11-5-2-6-12-18,19-13-7-3-8-14-19)20-15-9-4-10-16-20/h2-16H,1H3,(H2,22,23). The van der Waals surface area contributed by atoms with Crippen molar-refractivity contribution in [3.8, 4) is 0 Å². The second kappa shape index (κ2) is 6.90. The molecular formula is C21H20NOP. The first-order valence-corrected chi connectivity index (χ1v) is 9.66. The molecule has 0 aliphatic carbocycles. The van der Waals surface area contributed by atoms with Gasteiger partial charge in [-0.2, -0.15) is 0 Å². The lowest BCUT2D eigenvalue weighted by Gasteiger charge is -2.30. The Labute approximate surface area is 142 Å². The van der Waals surface area contributed by atoms with Crippen LogP contribution in [0.1, 0.15) is 6.92 Å². The maximum absolute atomic E-state index is 12.3. The topological polar surface area (TPSA) is 43.1 Å². The van der Waals surface area contributed by atoms with E-state index in [1.165, 1.54) is 0 Å². The van der Waals surface area contributed by atoms with E-state index in [-0.39, 0.29) is 5.91 Å². The fraction of sp³-hybridized carbons (Fsp3) is 0.0476. The highest BCUT2D eigenvalue weighted by Crippen LogP contribution is 2.45. The molecule has 120 valence electrons. The average molecular weight is 333 g/mol. The van der Waals surface area contributed by atoms with Gasteiger partial charge in [0.1, 0.15) is 0 Å². The lowest BCUT2D eigenvalue weighted by molar-refractivity contribution is -0.111. The van der Waals surface area contributed by atoms with Gasteiger partial charge in [-0.1, -0.05) is 91.0 Å². The van der Waals surface area contributed by atoms with Crippen molar-refractivity contribution in [1.29, 1.82) is 0 Å². The molecule has 24 heavy (non-hydrogen) atoms. The summed E-state index contributed by atoms with van der Waals surface area (Å²) in [5.74, 6) is -0.347. The minimum absolute atomic E-state index is 0.347. The first kappa shape index (κ1) is 16.3. The van der Waals surface area contributed by atoms with E-state index in [0.29, 0.717) is 5.29 Å². The number of amides is 1. The summed E-state index contributed by atoms with van der Waals surface area (Å²) in [5, 5.41) is 4.13. The van der Waals surface area contributed by atoms with Crippen LogP contribution in [0.4, 0.5) is 0 Å². The van der Waals surface area contributed by atoms with Gasteiger partial charge in [-0.25, -0.2) is 0 Å². The van der Waals surface area contributed by atoms with Gasteiger partial charge >= 0.3 is 0 Å². The van der Waals surface area contributed by atoms with Gasteiger partial charge in [0, 0.05) is 5.29 Å². The molecule has 0 spiro atoms. The molecule has 3 heteroatoms. The normalized spacial score (nSPS) is 11.0. The van der Waals surface area contributed by atoms with Gasteiger partial charge in [0.05, 0.1) is 0 Å². The third-order valence-corrected chi connectivity index (χ3v) is 8.74. The molecular weight excluding hydrogens is 313 g/mol. The molecule has 1 amide bonds. The molecule has 0 saturated heterocycles. The first-order valence-electron chi connectivity index (χ1n) is 7.87. The minimum Gasteiger partial charge on any atom is -0.366 e. The smallest absolute Gasteiger partial charge is 0.245 e. The predicted octanol–water partition coefficient (Wildman–Crippen LogP) is 2.66. The van der Waals surface area contributed by atoms with Crippen molar-refractivity contribution < 1.29 is 4.79 Å². The number of benzene rings is 3. The highest BCUT2D eigenvalue weighted by molar-refractivity contribution is 7.96. The molecule has 0 aliphatic rings. The molecule has 0 bridgehead atoms. The van der Waals surface area contributed by atoms with Crippen LogP contribution >= 0.6 is 6.89 Å². The quantitative estimate of drug-likeness (QED) is 0.733. The van der Waals surface area contributed by atoms with Crippen LogP contribution in [0.2, 0.25) is 0 Å². The van der Waals surface area contributed by atoms with Crippen LogP contribution in [0.5, 0.6) is 0 Å². The minimum atomic E-state index is -2.26. The Bertz CT molecular complexity index is 783. The molecule has 3 rings (SSSR count). The summed E-state index contributed by atoms with van der Waals surface area (Å²) in [6.45, 7) is -0.380. The molecule has 0 aliphatic heterocycles. The van der Waals surface area contributed by atoms with Crippen molar-refractivity contribution in [2.75, 3.05) is 0 Å². The summed E-state index contributed by atoms with van der Waals surface area (Å²) in [7, 11) is 0. The van der Waals surface area contributed by atoms with E-state index in [9.17, 15) is 4.79 Å². The Hall–Kier alpha value is -2.57. The van der Waals surface area contributed by atoms with Crippen molar-refractivity contribution in [3.05, 3.63) is 91.0 Å². The summed E-state index contributed by atoms with van der Waals surface area (Å²) in [5.41, 5.74) is 5.79. The van der Waals surface area contributed by atoms with E-state index in [1.54, 1.807) is 0 Å². The summed E-state index contributed by atoms with van der Waals surface area (Å²) in [6.07, 6.45) is 0. The average Bonchev–Trinajstić information content (AvgIpc) is 2.65. The van der Waals surface area contributed by atoms with Crippen LogP contribution < -0.4 is 21.6 Å². The van der Waals surface area contributed by atoms with E-state index in [1.807, 2.05) is 61.5 Å². The van der Waals surface area contributed by atoms with E-state index >= 15 is 0 Å². The lowest BCUT2D eigenvalue weighted by Crippen LogP contribution is -2.34. The van der Waals surface area contributed by atoms with Gasteiger partial charge in [0.2, 0.25) is 5.91 Å². The van der Waals surface area contributed by atoms with Crippen LogP contribution in [-0.4, -0.2) is 11.2 Å². The van der Waals surface area contributed by atoms with Crippen LogP contribution in [-0.2, 0) is 4.79 Å². The third-order valence-electron chi connectivity index (χ3n) is 4.29. The Morgan fingerprint density at radius 1 is 0.667 bits per heavy atom. The van der Waals surface area contributed by atoms with Gasteiger partial charge in [-0.3, -0.25) is 4.79 Å². The zero-order valence-electron chi connectivity index (χ0n) is 13.6. The lowest BCUT2D eigenvalue weighted by atomic mass is 10.3. The number of hydrogen-bond acceptors (Lipinski definition) is 1. The van der Waals surface area contributed by atoms with E-state index < -0.39 is 6.89 Å². The summed E-state index contributed by atoms with van der Waals surface area (Å²) in [6, 6.07) is 30.7. The molecule has 3 aromatic carbocycles. The van der Waals surface area contributed by atoms with Crippen LogP contribution in [0.25, 0.3) is 0 Å². The Morgan fingerprint density at radius 2 is 0.958 bits per heavy atom. The van der Waals surface area contributed by atoms with Crippen LogP contribution in [0.3, 0.4) is 0 Å². The van der Waals surface area contributed by atoms with Gasteiger partial charge in [-0.05, 0) is 29.7 Å². The highest BCUT2D eigenvalue weighted by Gasteiger charge is 2.29. The van der Waals surface area contributed by atoms with E-state index in [4.69, 9.17) is 5.73 Å². The van der Waals surface area contributed by atoms with Crippen LogP contribution in [0.15, 0.2) is 91.0 Å². The number of rotatable bonds is 4.